The first kappa shape index (κ1) is 17.9. The molecular formula is C17H19FN2O4S2. The maximum atomic E-state index is 13.2. The van der Waals surface area contributed by atoms with E-state index < -0.39 is 15.9 Å². The summed E-state index contributed by atoms with van der Waals surface area (Å²) in [5.41, 5.74) is 0.842. The Balaban J connectivity index is 1.59. The van der Waals surface area contributed by atoms with Crippen LogP contribution in [-0.4, -0.2) is 59.9 Å². The molecule has 3 aliphatic rings. The van der Waals surface area contributed by atoms with E-state index in [1.807, 2.05) is 4.90 Å². The van der Waals surface area contributed by atoms with Crippen molar-refractivity contribution in [2.75, 3.05) is 18.1 Å². The summed E-state index contributed by atoms with van der Waals surface area (Å²) in [6.07, 6.45) is 1.01. The van der Waals surface area contributed by atoms with E-state index in [1.54, 1.807) is 12.1 Å². The fourth-order valence-electron chi connectivity index (χ4n) is 3.55. The number of hydrogen-bond donors (Lipinski definition) is 0. The molecule has 3 saturated heterocycles. The lowest BCUT2D eigenvalue weighted by atomic mass is 10.1. The van der Waals surface area contributed by atoms with Crippen LogP contribution >= 0.6 is 11.8 Å². The number of sulfone groups is 1. The van der Waals surface area contributed by atoms with E-state index in [1.165, 1.54) is 23.9 Å². The van der Waals surface area contributed by atoms with Crippen molar-refractivity contribution < 1.29 is 22.3 Å². The molecule has 0 spiro atoms. The van der Waals surface area contributed by atoms with E-state index in [0.29, 0.717) is 24.7 Å². The Morgan fingerprint density at radius 3 is 2.77 bits per heavy atom. The predicted molar refractivity (Wildman–Crippen MR) is 97.2 cm³/mol. The number of rotatable bonds is 3. The molecule has 0 N–H and O–H groups in total. The van der Waals surface area contributed by atoms with Gasteiger partial charge in [0.25, 0.3) is 5.91 Å². The Labute approximate surface area is 155 Å². The van der Waals surface area contributed by atoms with Crippen LogP contribution in [0.25, 0.3) is 0 Å². The number of hydrogen-bond acceptors (Lipinski definition) is 5. The van der Waals surface area contributed by atoms with Gasteiger partial charge in [-0.15, -0.1) is 0 Å². The fourth-order valence-corrected chi connectivity index (χ4v) is 7.50. The van der Waals surface area contributed by atoms with Crippen molar-refractivity contribution in [3.05, 3.63) is 35.6 Å². The molecule has 3 atom stereocenters. The van der Waals surface area contributed by atoms with Gasteiger partial charge in [-0.2, -0.15) is 4.99 Å². The van der Waals surface area contributed by atoms with E-state index in [4.69, 9.17) is 4.74 Å². The number of halogens is 1. The van der Waals surface area contributed by atoms with Gasteiger partial charge in [0, 0.05) is 18.4 Å². The molecule has 0 aromatic heterocycles. The molecule has 0 unspecified atom stereocenters. The third-order valence-corrected chi connectivity index (χ3v) is 8.10. The number of benzene rings is 1. The zero-order valence-electron chi connectivity index (χ0n) is 14.0. The number of amidine groups is 1. The summed E-state index contributed by atoms with van der Waals surface area (Å²) in [7, 11) is -3.09. The van der Waals surface area contributed by atoms with Crippen LogP contribution in [0.4, 0.5) is 4.39 Å². The molecule has 0 radical (unpaired) electrons. The van der Waals surface area contributed by atoms with Crippen LogP contribution in [0, 0.1) is 5.82 Å². The molecule has 9 heteroatoms. The van der Waals surface area contributed by atoms with Crippen LogP contribution in [0.3, 0.4) is 0 Å². The topological polar surface area (TPSA) is 76.0 Å². The van der Waals surface area contributed by atoms with Crippen molar-refractivity contribution in [2.45, 2.75) is 36.8 Å². The van der Waals surface area contributed by atoms with Gasteiger partial charge in [0.2, 0.25) is 0 Å². The minimum absolute atomic E-state index is 0.0546. The number of fused-ring (bicyclic) bond motifs is 1. The van der Waals surface area contributed by atoms with Gasteiger partial charge in [0.05, 0.1) is 17.5 Å². The van der Waals surface area contributed by atoms with Crippen LogP contribution in [0.5, 0.6) is 0 Å². The molecule has 6 nitrogen and oxygen atoms in total. The summed E-state index contributed by atoms with van der Waals surface area (Å²) in [4.78, 5) is 18.5. The summed E-state index contributed by atoms with van der Waals surface area (Å²) in [5.74, 6) is -0.487. The highest BCUT2D eigenvalue weighted by molar-refractivity contribution is 8.15. The Kier molecular flexibility index (Phi) is 4.79. The number of nitrogens with zero attached hydrogens (tertiary/aromatic N) is 2. The Hall–Kier alpha value is -1.45. The van der Waals surface area contributed by atoms with Gasteiger partial charge < -0.3 is 9.64 Å². The summed E-state index contributed by atoms with van der Waals surface area (Å²) >= 11 is 1.35. The SMILES string of the molecule is O=C(N=C1S[C@@H]2CS(=O)(=O)C[C@@H]2N1Cc1ccc(F)cc1)[C@@H]1CCCO1. The predicted octanol–water partition coefficient (Wildman–Crippen LogP) is 1.60. The van der Waals surface area contributed by atoms with E-state index >= 15 is 0 Å². The standard InChI is InChI=1S/C17H19FN2O4S2/c18-12-5-3-11(4-6-12)8-20-13-9-26(22,23)10-15(13)25-17(20)19-16(21)14-2-1-7-24-14/h3-6,13-15H,1-2,7-10H2/t13-,14-,15+/m0/s1. The van der Waals surface area contributed by atoms with Crippen molar-refractivity contribution in [1.82, 2.24) is 4.90 Å². The van der Waals surface area contributed by atoms with E-state index in [9.17, 15) is 17.6 Å². The molecule has 3 aliphatic heterocycles. The highest BCUT2D eigenvalue weighted by Gasteiger charge is 2.48. The van der Waals surface area contributed by atoms with Crippen LogP contribution in [0.15, 0.2) is 29.3 Å². The first-order valence-electron chi connectivity index (χ1n) is 8.53. The number of amides is 1. The Bertz CT molecular complexity index is 835. The maximum absolute atomic E-state index is 13.2. The van der Waals surface area contributed by atoms with Gasteiger partial charge in [-0.05, 0) is 30.5 Å². The van der Waals surface area contributed by atoms with Crippen molar-refractivity contribution in [3.63, 3.8) is 0 Å². The Morgan fingerprint density at radius 2 is 2.08 bits per heavy atom. The number of ether oxygens (including phenoxy) is 1. The quantitative estimate of drug-likeness (QED) is 0.770. The molecule has 3 heterocycles. The normalized spacial score (nSPS) is 31.5. The molecule has 1 amide bonds. The molecule has 140 valence electrons. The van der Waals surface area contributed by atoms with E-state index in [2.05, 4.69) is 4.99 Å². The molecule has 4 rings (SSSR count). The van der Waals surface area contributed by atoms with Crippen molar-refractivity contribution in [2.24, 2.45) is 4.99 Å². The molecule has 1 aromatic carbocycles. The molecule has 1 aromatic rings. The van der Waals surface area contributed by atoms with Gasteiger partial charge in [-0.1, -0.05) is 23.9 Å². The van der Waals surface area contributed by atoms with Gasteiger partial charge in [0.1, 0.15) is 11.9 Å². The first-order valence-corrected chi connectivity index (χ1v) is 11.2. The van der Waals surface area contributed by atoms with Crippen LogP contribution in [0.1, 0.15) is 18.4 Å². The first-order chi connectivity index (χ1) is 12.4. The zero-order valence-corrected chi connectivity index (χ0v) is 15.6. The van der Waals surface area contributed by atoms with Crippen molar-refractivity contribution in [3.8, 4) is 0 Å². The lowest BCUT2D eigenvalue weighted by molar-refractivity contribution is -0.126. The summed E-state index contributed by atoms with van der Waals surface area (Å²) in [6, 6.07) is 5.85. The number of carbonyl (C=O) groups is 1. The summed E-state index contributed by atoms with van der Waals surface area (Å²) < 4.78 is 42.6. The average molecular weight is 398 g/mol. The monoisotopic (exact) mass is 398 g/mol. The molecule has 0 bridgehead atoms. The van der Waals surface area contributed by atoms with Crippen LogP contribution < -0.4 is 0 Å². The fraction of sp³-hybridized carbons (Fsp3) is 0.529. The lowest BCUT2D eigenvalue weighted by Gasteiger charge is -2.24. The van der Waals surface area contributed by atoms with Gasteiger partial charge >= 0.3 is 0 Å². The molecule has 0 aliphatic carbocycles. The molecule has 3 fully saturated rings. The minimum Gasteiger partial charge on any atom is -0.368 e. The molecule has 26 heavy (non-hydrogen) atoms. The highest BCUT2D eigenvalue weighted by Crippen LogP contribution is 2.39. The number of thioether (sulfide) groups is 1. The lowest BCUT2D eigenvalue weighted by Crippen LogP contribution is -2.37. The van der Waals surface area contributed by atoms with Crippen molar-refractivity contribution in [1.29, 1.82) is 0 Å². The second-order valence-electron chi connectivity index (χ2n) is 6.79. The van der Waals surface area contributed by atoms with E-state index in [0.717, 1.165) is 12.0 Å². The zero-order chi connectivity index (χ0) is 18.3. The van der Waals surface area contributed by atoms with Crippen LogP contribution in [0.2, 0.25) is 0 Å². The maximum Gasteiger partial charge on any atom is 0.277 e. The molecular weight excluding hydrogens is 379 g/mol. The van der Waals surface area contributed by atoms with Gasteiger partial charge in [0.15, 0.2) is 15.0 Å². The number of aliphatic imine (C=N–C) groups is 1. The largest absolute Gasteiger partial charge is 0.368 e. The van der Waals surface area contributed by atoms with Gasteiger partial charge in [-0.25, -0.2) is 12.8 Å². The Morgan fingerprint density at radius 1 is 1.31 bits per heavy atom. The van der Waals surface area contributed by atoms with Crippen LogP contribution in [-0.2, 0) is 25.9 Å². The van der Waals surface area contributed by atoms with Gasteiger partial charge in [-0.3, -0.25) is 4.79 Å². The minimum atomic E-state index is -3.09. The third kappa shape index (κ3) is 3.65. The van der Waals surface area contributed by atoms with E-state index in [-0.39, 0.29) is 34.5 Å². The summed E-state index contributed by atoms with van der Waals surface area (Å²) in [5, 5.41) is 0.413. The number of carbonyl (C=O) groups excluding carboxylic acids is 1. The highest BCUT2D eigenvalue weighted by atomic mass is 32.2. The second-order valence-corrected chi connectivity index (χ2v) is 10.1. The third-order valence-electron chi connectivity index (χ3n) is 4.85. The second kappa shape index (κ2) is 6.94. The molecule has 0 saturated carbocycles. The summed E-state index contributed by atoms with van der Waals surface area (Å²) in [6.45, 7) is 0.957. The van der Waals surface area contributed by atoms with Crippen molar-refractivity contribution >= 4 is 32.7 Å². The smallest absolute Gasteiger partial charge is 0.277 e. The average Bonchev–Trinajstić information content (AvgIpc) is 3.27.